The van der Waals surface area contributed by atoms with Crippen molar-refractivity contribution in [3.05, 3.63) is 0 Å². The largest absolute Gasteiger partial charge is 0.469 e. The van der Waals surface area contributed by atoms with Crippen molar-refractivity contribution in [2.24, 2.45) is 28.6 Å². The van der Waals surface area contributed by atoms with Gasteiger partial charge in [0.1, 0.15) is 0 Å². The van der Waals surface area contributed by atoms with Gasteiger partial charge in [-0.25, -0.2) is 0 Å². The molecule has 0 aromatic rings. The van der Waals surface area contributed by atoms with Crippen LogP contribution in [0.4, 0.5) is 0 Å². The molecule has 0 rings (SSSR count). The van der Waals surface area contributed by atoms with E-state index in [0.29, 0.717) is 6.42 Å². The lowest BCUT2D eigenvalue weighted by atomic mass is 9.66. The Morgan fingerprint density at radius 2 is 1.50 bits per heavy atom. The lowest BCUT2D eigenvalue weighted by Crippen LogP contribution is -2.42. The summed E-state index contributed by atoms with van der Waals surface area (Å²) < 4.78 is 4.81. The molecule has 20 heavy (non-hydrogen) atoms. The van der Waals surface area contributed by atoms with Crippen molar-refractivity contribution in [2.45, 2.75) is 67.9 Å². The molecule has 0 amide bonds. The maximum absolute atomic E-state index is 11.7. The van der Waals surface area contributed by atoms with Crippen LogP contribution >= 0.6 is 0 Å². The Bertz CT molecular complexity index is 309. The molecule has 0 saturated carbocycles. The van der Waals surface area contributed by atoms with Crippen LogP contribution in [0, 0.1) is 28.6 Å². The second kappa shape index (κ2) is 6.93. The van der Waals surface area contributed by atoms with Gasteiger partial charge >= 0.3 is 5.97 Å². The fraction of sp³-hybridized carbons (Fsp3) is 0.941. The number of rotatable bonds is 5. The Morgan fingerprint density at radius 1 is 1.05 bits per heavy atom. The summed E-state index contributed by atoms with van der Waals surface area (Å²) in [6.45, 7) is 16.8. The van der Waals surface area contributed by atoms with Gasteiger partial charge in [-0.15, -0.1) is 0 Å². The average Bonchev–Trinajstić information content (AvgIpc) is 2.30. The molecule has 0 heterocycles. The zero-order valence-electron chi connectivity index (χ0n) is 14.8. The molecule has 4 atom stereocenters. The Hall–Kier alpha value is -0.570. The van der Waals surface area contributed by atoms with E-state index in [0.717, 1.165) is 0 Å². The van der Waals surface area contributed by atoms with Crippen LogP contribution in [0.5, 0.6) is 0 Å². The number of hydrogen-bond acceptors (Lipinski definition) is 3. The zero-order chi connectivity index (χ0) is 16.3. The van der Waals surface area contributed by atoms with E-state index < -0.39 is 6.10 Å². The number of hydrogen-bond donors (Lipinski definition) is 1. The van der Waals surface area contributed by atoms with Crippen LogP contribution in [-0.4, -0.2) is 24.3 Å². The minimum atomic E-state index is -0.429. The first kappa shape index (κ1) is 19.4. The highest BCUT2D eigenvalue weighted by Gasteiger charge is 2.39. The van der Waals surface area contributed by atoms with E-state index in [1.807, 2.05) is 6.92 Å². The Kier molecular flexibility index (Phi) is 6.73. The van der Waals surface area contributed by atoms with Crippen LogP contribution < -0.4 is 0 Å². The van der Waals surface area contributed by atoms with Gasteiger partial charge in [0.25, 0.3) is 0 Å². The van der Waals surface area contributed by atoms with Gasteiger partial charge in [0, 0.05) is 0 Å². The zero-order valence-corrected chi connectivity index (χ0v) is 14.8. The predicted molar refractivity (Wildman–Crippen MR) is 83.4 cm³/mol. The topological polar surface area (TPSA) is 46.5 Å². The molecule has 0 aromatic carbocycles. The second-order valence-electron chi connectivity index (χ2n) is 8.28. The summed E-state index contributed by atoms with van der Waals surface area (Å²) in [6.07, 6.45) is 0.222. The molecule has 0 aliphatic carbocycles. The summed E-state index contributed by atoms with van der Waals surface area (Å²) in [5.41, 5.74) is -0.0152. The third-order valence-electron chi connectivity index (χ3n) is 4.61. The van der Waals surface area contributed by atoms with Gasteiger partial charge in [-0.05, 0) is 29.1 Å². The Balaban J connectivity index is 5.14. The number of aliphatic hydroxyl groups is 1. The van der Waals surface area contributed by atoms with Crippen LogP contribution in [0.2, 0.25) is 0 Å². The summed E-state index contributed by atoms with van der Waals surface area (Å²) in [6, 6.07) is 0. The van der Waals surface area contributed by atoms with Gasteiger partial charge in [-0.3, -0.25) is 4.79 Å². The summed E-state index contributed by atoms with van der Waals surface area (Å²) in [7, 11) is 1.42. The number of aliphatic hydroxyl groups excluding tert-OH is 1. The van der Waals surface area contributed by atoms with Crippen molar-refractivity contribution in [3.63, 3.8) is 0 Å². The maximum atomic E-state index is 11.7. The summed E-state index contributed by atoms with van der Waals surface area (Å²) in [5, 5.41) is 10.8. The van der Waals surface area contributed by atoms with Crippen LogP contribution in [0.3, 0.4) is 0 Å². The van der Waals surface area contributed by atoms with Crippen molar-refractivity contribution in [1.82, 2.24) is 0 Å². The van der Waals surface area contributed by atoms with Gasteiger partial charge in [0.2, 0.25) is 0 Å². The van der Waals surface area contributed by atoms with Crippen LogP contribution in [0.25, 0.3) is 0 Å². The van der Waals surface area contributed by atoms with Gasteiger partial charge in [-0.2, -0.15) is 0 Å². The maximum Gasteiger partial charge on any atom is 0.308 e. The Labute approximate surface area is 125 Å². The van der Waals surface area contributed by atoms with E-state index in [-0.39, 0.29) is 34.6 Å². The van der Waals surface area contributed by atoms with Crippen LogP contribution in [0.1, 0.15) is 61.8 Å². The van der Waals surface area contributed by atoms with Crippen molar-refractivity contribution < 1.29 is 14.6 Å². The van der Waals surface area contributed by atoms with Crippen LogP contribution in [0.15, 0.2) is 0 Å². The van der Waals surface area contributed by atoms with E-state index in [4.69, 9.17) is 4.74 Å². The van der Waals surface area contributed by atoms with Crippen molar-refractivity contribution in [2.75, 3.05) is 7.11 Å². The summed E-state index contributed by atoms with van der Waals surface area (Å²) >= 11 is 0. The molecule has 120 valence electrons. The molecule has 0 aliphatic rings. The third-order valence-corrected chi connectivity index (χ3v) is 4.61. The third kappa shape index (κ3) is 5.43. The van der Waals surface area contributed by atoms with Gasteiger partial charge in [0.15, 0.2) is 0 Å². The van der Waals surface area contributed by atoms with E-state index >= 15 is 0 Å². The van der Waals surface area contributed by atoms with Gasteiger partial charge < -0.3 is 9.84 Å². The number of carbonyl (C=O) groups is 1. The minimum absolute atomic E-state index is 0.0391. The first-order chi connectivity index (χ1) is 8.82. The second-order valence-corrected chi connectivity index (χ2v) is 8.28. The highest BCUT2D eigenvalue weighted by Crippen LogP contribution is 2.41. The first-order valence-corrected chi connectivity index (χ1v) is 7.58. The molecule has 0 radical (unpaired) electrons. The molecule has 1 N–H and O–H groups in total. The number of ether oxygens (including phenoxy) is 1. The number of methoxy groups -OCH3 is 1. The Morgan fingerprint density at radius 3 is 1.80 bits per heavy atom. The molecule has 0 bridgehead atoms. The molecule has 4 unspecified atom stereocenters. The fourth-order valence-corrected chi connectivity index (χ4v) is 2.54. The van der Waals surface area contributed by atoms with Gasteiger partial charge in [0.05, 0.1) is 19.1 Å². The highest BCUT2D eigenvalue weighted by molar-refractivity contribution is 5.71. The van der Waals surface area contributed by atoms with E-state index in [2.05, 4.69) is 48.5 Å². The molecule has 0 spiro atoms. The molecular weight excluding hydrogens is 252 g/mol. The molecular formula is C17H34O3. The molecule has 0 aliphatic heterocycles. The first-order valence-electron chi connectivity index (χ1n) is 7.58. The molecule has 0 aromatic heterocycles. The number of esters is 1. The van der Waals surface area contributed by atoms with Crippen LogP contribution in [-0.2, 0) is 9.53 Å². The summed E-state index contributed by atoms with van der Waals surface area (Å²) in [5.74, 6) is -0.164. The number of carbonyl (C=O) groups excluding carboxylic acids is 1. The highest BCUT2D eigenvalue weighted by atomic mass is 16.5. The SMILES string of the molecule is COC(=O)C(C)CC(C(O)C(C)C(C)(C)C)C(C)(C)C. The molecule has 0 saturated heterocycles. The predicted octanol–water partition coefficient (Wildman–Crippen LogP) is 3.89. The summed E-state index contributed by atoms with van der Waals surface area (Å²) in [4.78, 5) is 11.7. The lowest BCUT2D eigenvalue weighted by Gasteiger charge is -2.42. The molecule has 3 heteroatoms. The lowest BCUT2D eigenvalue weighted by molar-refractivity contribution is -0.146. The molecule has 3 nitrogen and oxygen atoms in total. The monoisotopic (exact) mass is 286 g/mol. The van der Waals surface area contributed by atoms with Crippen molar-refractivity contribution in [3.8, 4) is 0 Å². The average molecular weight is 286 g/mol. The van der Waals surface area contributed by atoms with Crippen molar-refractivity contribution in [1.29, 1.82) is 0 Å². The van der Waals surface area contributed by atoms with Gasteiger partial charge in [-0.1, -0.05) is 55.4 Å². The van der Waals surface area contributed by atoms with Crippen molar-refractivity contribution >= 4 is 5.97 Å². The van der Waals surface area contributed by atoms with E-state index in [1.165, 1.54) is 7.11 Å². The fourth-order valence-electron chi connectivity index (χ4n) is 2.54. The van der Waals surface area contributed by atoms with E-state index in [9.17, 15) is 9.90 Å². The minimum Gasteiger partial charge on any atom is -0.469 e. The standard InChI is InChI=1S/C17H34O3/c1-11(15(19)20-9)10-13(17(6,7)8)14(18)12(2)16(3,4)5/h11-14,18H,10H2,1-9H3. The smallest absolute Gasteiger partial charge is 0.308 e. The van der Waals surface area contributed by atoms with E-state index in [1.54, 1.807) is 0 Å². The molecule has 0 fully saturated rings. The quantitative estimate of drug-likeness (QED) is 0.780. The normalized spacial score (nSPS) is 19.1.